The lowest BCUT2D eigenvalue weighted by atomic mass is 9.69. The van der Waals surface area contributed by atoms with Gasteiger partial charge in [0.15, 0.2) is 5.82 Å². The number of H-pyrrole nitrogens is 1. The second-order valence-corrected chi connectivity index (χ2v) is 6.19. The van der Waals surface area contributed by atoms with E-state index in [4.69, 9.17) is 0 Å². The van der Waals surface area contributed by atoms with Crippen molar-refractivity contribution in [1.29, 1.82) is 0 Å². The highest BCUT2D eigenvalue weighted by atomic mass is 19.4. The quantitative estimate of drug-likeness (QED) is 0.772. The summed E-state index contributed by atoms with van der Waals surface area (Å²) >= 11 is 0. The monoisotopic (exact) mass is 365 g/mol. The number of nitrogens with one attached hydrogen (secondary N) is 1. The Hall–Kier alpha value is -2.07. The lowest BCUT2D eigenvalue weighted by molar-refractivity contribution is -0.339. The Kier molecular flexibility index (Phi) is 5.14. The zero-order valence-electron chi connectivity index (χ0n) is 13.4. The highest BCUT2D eigenvalue weighted by Gasteiger charge is 2.49. The normalized spacial score (nSPS) is 15.2. The fourth-order valence-electron chi connectivity index (χ4n) is 2.46. The van der Waals surface area contributed by atoms with Crippen molar-refractivity contribution in [3.8, 4) is 0 Å². The molecule has 2 aromatic rings. The van der Waals surface area contributed by atoms with Crippen LogP contribution in [0.1, 0.15) is 25.2 Å². The fraction of sp³-hybridized carbons (Fsp3) is 0.467. The molecule has 2 rings (SSSR count). The van der Waals surface area contributed by atoms with Crippen molar-refractivity contribution in [2.45, 2.75) is 32.2 Å². The predicted molar refractivity (Wildman–Crippen MR) is 76.1 cm³/mol. The van der Waals surface area contributed by atoms with Crippen LogP contribution in [0, 0.1) is 17.0 Å². The minimum Gasteiger partial charge on any atom is -0.384 e. The number of aromatic nitrogens is 3. The zero-order valence-corrected chi connectivity index (χ0v) is 13.4. The Morgan fingerprint density at radius 2 is 1.88 bits per heavy atom. The molecule has 0 saturated heterocycles. The summed E-state index contributed by atoms with van der Waals surface area (Å²) < 4.78 is 68.6. The first kappa shape index (κ1) is 19.3. The molecule has 10 heteroatoms. The van der Waals surface area contributed by atoms with Crippen molar-refractivity contribution in [1.82, 2.24) is 15.2 Å². The summed E-state index contributed by atoms with van der Waals surface area (Å²) in [7, 11) is 0. The molecule has 1 atom stereocenters. The van der Waals surface area contributed by atoms with E-state index >= 15 is 0 Å². The van der Waals surface area contributed by atoms with Crippen LogP contribution in [0.15, 0.2) is 24.5 Å². The summed E-state index contributed by atoms with van der Waals surface area (Å²) in [6, 6.07) is 2.42. The maximum Gasteiger partial charge on any atom is 0.522 e. The van der Waals surface area contributed by atoms with Gasteiger partial charge < -0.3 is 5.11 Å². The third kappa shape index (κ3) is 4.31. The Balaban J connectivity index is 2.47. The van der Waals surface area contributed by atoms with Crippen molar-refractivity contribution in [3.05, 3.63) is 47.5 Å². The number of rotatable bonds is 6. The molecule has 138 valence electrons. The molecule has 1 unspecified atom stereocenters. The van der Waals surface area contributed by atoms with Crippen LogP contribution >= 0.6 is 0 Å². The summed E-state index contributed by atoms with van der Waals surface area (Å²) in [5.41, 5.74) is -4.20. The smallest absolute Gasteiger partial charge is 0.384 e. The van der Waals surface area contributed by atoms with Crippen molar-refractivity contribution in [3.63, 3.8) is 0 Å². The molecule has 0 fully saturated rings. The molecule has 0 aliphatic heterocycles. The van der Waals surface area contributed by atoms with Gasteiger partial charge in [0.1, 0.15) is 23.6 Å². The number of aromatic amines is 1. The third-order valence-electron chi connectivity index (χ3n) is 3.97. The van der Waals surface area contributed by atoms with Crippen molar-refractivity contribution >= 4 is 0 Å². The van der Waals surface area contributed by atoms with Gasteiger partial charge in [-0.25, -0.2) is 13.8 Å². The Morgan fingerprint density at radius 1 is 1.20 bits per heavy atom. The van der Waals surface area contributed by atoms with Crippen molar-refractivity contribution < 1.29 is 31.8 Å². The van der Waals surface area contributed by atoms with E-state index in [1.54, 1.807) is 0 Å². The molecule has 0 saturated carbocycles. The minimum atomic E-state index is -4.93. The molecule has 0 spiro atoms. The number of halogens is 5. The topological polar surface area (TPSA) is 71.0 Å². The maximum absolute atomic E-state index is 14.3. The summed E-state index contributed by atoms with van der Waals surface area (Å²) in [4.78, 5) is 3.81. The van der Waals surface area contributed by atoms with Crippen LogP contribution in [0.4, 0.5) is 22.0 Å². The molecule has 0 amide bonds. The average Bonchev–Trinajstić information content (AvgIpc) is 2.97. The highest BCUT2D eigenvalue weighted by molar-refractivity contribution is 5.29. The molecule has 25 heavy (non-hydrogen) atoms. The average molecular weight is 365 g/mol. The number of ether oxygens (including phenoxy) is 1. The minimum absolute atomic E-state index is 0.0475. The second kappa shape index (κ2) is 6.68. The first-order chi connectivity index (χ1) is 11.4. The van der Waals surface area contributed by atoms with E-state index in [1.807, 2.05) is 0 Å². The standard InChI is InChI=1S/C15H16F5N3O2/c1-13(2,7-25-15(18,19)20)14(24,6-12-21-8-22-23-12)10-4-3-9(16)5-11(10)17/h3-5,8,24H,6-7H2,1-2H3,(H,21,22,23). The van der Waals surface area contributed by atoms with Gasteiger partial charge >= 0.3 is 6.36 Å². The van der Waals surface area contributed by atoms with Gasteiger partial charge in [-0.05, 0) is 6.07 Å². The van der Waals surface area contributed by atoms with Gasteiger partial charge in [-0.3, -0.25) is 9.84 Å². The second-order valence-electron chi connectivity index (χ2n) is 6.19. The number of alkyl halides is 3. The molecule has 0 aliphatic rings. The van der Waals surface area contributed by atoms with E-state index in [1.165, 1.54) is 20.2 Å². The molecule has 0 radical (unpaired) electrons. The highest BCUT2D eigenvalue weighted by Crippen LogP contribution is 2.44. The SMILES string of the molecule is CC(C)(COC(F)(F)F)C(O)(Cc1nc[nH]n1)c1ccc(F)cc1F. The molecule has 0 aliphatic carbocycles. The van der Waals surface area contributed by atoms with Gasteiger partial charge in [-0.2, -0.15) is 5.10 Å². The van der Waals surface area contributed by atoms with E-state index in [9.17, 15) is 27.1 Å². The van der Waals surface area contributed by atoms with E-state index in [0.717, 1.165) is 12.1 Å². The number of aliphatic hydroxyl groups is 1. The molecule has 1 heterocycles. The molecule has 0 bridgehead atoms. The number of hydrogen-bond donors (Lipinski definition) is 2. The first-order valence-electron chi connectivity index (χ1n) is 7.18. The van der Waals surface area contributed by atoms with E-state index in [2.05, 4.69) is 19.9 Å². The largest absolute Gasteiger partial charge is 0.522 e. The Morgan fingerprint density at radius 3 is 2.40 bits per heavy atom. The van der Waals surface area contributed by atoms with Crippen LogP contribution in [0.2, 0.25) is 0 Å². The van der Waals surface area contributed by atoms with Gasteiger partial charge in [0.25, 0.3) is 0 Å². The van der Waals surface area contributed by atoms with Crippen LogP contribution in [-0.4, -0.2) is 33.3 Å². The molecule has 5 nitrogen and oxygen atoms in total. The van der Waals surface area contributed by atoms with Crippen molar-refractivity contribution in [2.24, 2.45) is 5.41 Å². The molecule has 1 aromatic carbocycles. The lowest BCUT2D eigenvalue weighted by Gasteiger charge is -2.42. The van der Waals surface area contributed by atoms with Gasteiger partial charge in [-0.1, -0.05) is 19.9 Å². The number of hydrogen-bond acceptors (Lipinski definition) is 4. The van der Waals surface area contributed by atoms with Gasteiger partial charge in [0.05, 0.1) is 6.61 Å². The predicted octanol–water partition coefficient (Wildman–Crippen LogP) is 3.08. The Bertz CT molecular complexity index is 718. The van der Waals surface area contributed by atoms with Crippen LogP contribution in [-0.2, 0) is 16.8 Å². The van der Waals surface area contributed by atoms with Gasteiger partial charge in [0.2, 0.25) is 0 Å². The molecular weight excluding hydrogens is 349 g/mol. The van der Waals surface area contributed by atoms with Crippen LogP contribution < -0.4 is 0 Å². The van der Waals surface area contributed by atoms with Crippen LogP contribution in [0.3, 0.4) is 0 Å². The van der Waals surface area contributed by atoms with E-state index in [0.29, 0.717) is 6.07 Å². The van der Waals surface area contributed by atoms with E-state index in [-0.39, 0.29) is 11.4 Å². The zero-order chi connectivity index (χ0) is 18.9. The van der Waals surface area contributed by atoms with Crippen LogP contribution in [0.5, 0.6) is 0 Å². The summed E-state index contributed by atoms with van der Waals surface area (Å²) in [5.74, 6) is -1.93. The Labute approximate surface area is 139 Å². The molecule has 1 aromatic heterocycles. The fourth-order valence-corrected chi connectivity index (χ4v) is 2.46. The molecule has 2 N–H and O–H groups in total. The van der Waals surface area contributed by atoms with Crippen molar-refractivity contribution in [2.75, 3.05) is 6.61 Å². The summed E-state index contributed by atoms with van der Waals surface area (Å²) in [5, 5.41) is 17.3. The van der Waals surface area contributed by atoms with Gasteiger partial charge in [0, 0.05) is 23.5 Å². The third-order valence-corrected chi connectivity index (χ3v) is 3.97. The summed E-state index contributed by atoms with van der Waals surface area (Å²) in [6.45, 7) is 1.58. The number of benzene rings is 1. The first-order valence-corrected chi connectivity index (χ1v) is 7.18. The lowest BCUT2D eigenvalue weighted by Crippen LogP contribution is -2.48. The molecular formula is C15H16F5N3O2. The van der Waals surface area contributed by atoms with E-state index < -0.39 is 42.0 Å². The summed E-state index contributed by atoms with van der Waals surface area (Å²) in [6.07, 6.45) is -4.13. The maximum atomic E-state index is 14.3. The van der Waals surface area contributed by atoms with Crippen LogP contribution in [0.25, 0.3) is 0 Å². The number of nitrogens with zero attached hydrogens (tertiary/aromatic N) is 2. The van der Waals surface area contributed by atoms with Gasteiger partial charge in [-0.15, -0.1) is 13.2 Å².